The minimum absolute atomic E-state index is 0.0160. The highest BCUT2D eigenvalue weighted by molar-refractivity contribution is 7.93. The molecule has 7 nitrogen and oxygen atoms in total. The largest absolute Gasteiger partial charge is 0.497 e. The van der Waals surface area contributed by atoms with E-state index in [0.717, 1.165) is 12.1 Å². The molecular weight excluding hydrogens is 601 g/mol. The van der Waals surface area contributed by atoms with Gasteiger partial charge in [0.15, 0.2) is 5.13 Å². The van der Waals surface area contributed by atoms with Crippen LogP contribution in [-0.4, -0.2) is 34.2 Å². The molecule has 0 radical (unpaired) electrons. The number of alkyl halides is 3. The van der Waals surface area contributed by atoms with Gasteiger partial charge in [-0.2, -0.15) is 13.2 Å². The van der Waals surface area contributed by atoms with E-state index in [1.807, 2.05) is 0 Å². The molecule has 1 unspecified atom stereocenters. The van der Waals surface area contributed by atoms with Gasteiger partial charge in [0.1, 0.15) is 17.2 Å². The second-order valence-corrected chi connectivity index (χ2v) is 12.3. The average molecular weight is 625 g/mol. The Kier molecular flexibility index (Phi) is 8.09. The third-order valence-electron chi connectivity index (χ3n) is 6.76. The van der Waals surface area contributed by atoms with Gasteiger partial charge in [-0.15, -0.1) is 11.3 Å². The first-order valence-electron chi connectivity index (χ1n) is 12.3. The van der Waals surface area contributed by atoms with E-state index >= 15 is 0 Å². The molecule has 13 heteroatoms. The van der Waals surface area contributed by atoms with Crippen LogP contribution in [0.25, 0.3) is 0 Å². The van der Waals surface area contributed by atoms with Crippen molar-refractivity contribution in [1.82, 2.24) is 4.98 Å². The molecule has 3 aromatic carbocycles. The first-order valence-corrected chi connectivity index (χ1v) is 15.0. The minimum Gasteiger partial charge on any atom is -0.497 e. The van der Waals surface area contributed by atoms with E-state index in [1.165, 1.54) is 54.3 Å². The molecule has 5 rings (SSSR count). The molecule has 1 aliphatic rings. The second-order valence-electron chi connectivity index (χ2n) is 9.13. The summed E-state index contributed by atoms with van der Waals surface area (Å²) in [4.78, 5) is 4.21. The number of thiazole rings is 1. The Balaban J connectivity index is 1.51. The fraction of sp³-hybridized carbons (Fsp3) is 0.250. The molecule has 0 aliphatic carbocycles. The topological polar surface area (TPSA) is 78.0 Å². The molecule has 0 spiro atoms. The summed E-state index contributed by atoms with van der Waals surface area (Å²) < 4.78 is 85.3. The van der Waals surface area contributed by atoms with Gasteiger partial charge in [0.2, 0.25) is 0 Å². The van der Waals surface area contributed by atoms with Gasteiger partial charge in [-0.25, -0.2) is 17.7 Å². The molecular formula is C28H24ClF3N2O5S2. The fourth-order valence-electron chi connectivity index (χ4n) is 4.70. The number of aromatic nitrogens is 1. The van der Waals surface area contributed by atoms with E-state index in [1.54, 1.807) is 29.6 Å². The number of sulfonamides is 1. The van der Waals surface area contributed by atoms with Gasteiger partial charge in [-0.1, -0.05) is 23.7 Å². The average Bonchev–Trinajstić information content (AvgIpc) is 3.49. The van der Waals surface area contributed by atoms with E-state index < -0.39 is 21.8 Å². The number of nitrogens with zero attached hydrogens (tertiary/aromatic N) is 2. The van der Waals surface area contributed by atoms with Crippen LogP contribution in [0.5, 0.6) is 17.2 Å². The Morgan fingerprint density at radius 3 is 2.51 bits per heavy atom. The van der Waals surface area contributed by atoms with Crippen molar-refractivity contribution in [2.24, 2.45) is 0 Å². The summed E-state index contributed by atoms with van der Waals surface area (Å²) in [7, 11) is -1.14. The first-order chi connectivity index (χ1) is 19.5. The molecule has 4 aromatic rings. The molecule has 216 valence electrons. The summed E-state index contributed by atoms with van der Waals surface area (Å²) in [6.07, 6.45) is -2.53. The number of hydrogen-bond acceptors (Lipinski definition) is 7. The molecule has 2 heterocycles. The number of rotatable bonds is 8. The highest BCUT2D eigenvalue weighted by Gasteiger charge is 2.34. The van der Waals surface area contributed by atoms with E-state index in [2.05, 4.69) is 4.98 Å². The van der Waals surface area contributed by atoms with Crippen LogP contribution in [0.3, 0.4) is 0 Å². The lowest BCUT2D eigenvalue weighted by Crippen LogP contribution is -2.31. The number of anilines is 1. The molecule has 0 N–H and O–H groups in total. The summed E-state index contributed by atoms with van der Waals surface area (Å²) in [5.41, 5.74) is 0.902. The van der Waals surface area contributed by atoms with Gasteiger partial charge in [0, 0.05) is 45.8 Å². The Morgan fingerprint density at radius 2 is 1.85 bits per heavy atom. The van der Waals surface area contributed by atoms with Crippen LogP contribution in [-0.2, 0) is 22.7 Å². The van der Waals surface area contributed by atoms with E-state index in [4.69, 9.17) is 25.8 Å². The van der Waals surface area contributed by atoms with Crippen LogP contribution < -0.4 is 18.5 Å². The Morgan fingerprint density at radius 1 is 1.07 bits per heavy atom. The zero-order valence-corrected chi connectivity index (χ0v) is 24.2. The van der Waals surface area contributed by atoms with Crippen molar-refractivity contribution < 1.29 is 35.8 Å². The summed E-state index contributed by atoms with van der Waals surface area (Å²) in [5, 5.41) is 1.92. The normalized spacial score (nSPS) is 15.1. The van der Waals surface area contributed by atoms with Crippen molar-refractivity contribution in [2.75, 3.05) is 25.1 Å². The van der Waals surface area contributed by atoms with Crippen LogP contribution in [0, 0.1) is 0 Å². The monoisotopic (exact) mass is 624 g/mol. The maximum absolute atomic E-state index is 14.0. The lowest BCUT2D eigenvalue weighted by atomic mass is 9.86. The van der Waals surface area contributed by atoms with Crippen molar-refractivity contribution in [3.63, 3.8) is 0 Å². The van der Waals surface area contributed by atoms with Crippen molar-refractivity contribution >= 4 is 38.1 Å². The molecule has 0 amide bonds. The first kappa shape index (κ1) is 29.0. The second kappa shape index (κ2) is 11.4. The highest BCUT2D eigenvalue weighted by Crippen LogP contribution is 2.43. The van der Waals surface area contributed by atoms with Gasteiger partial charge in [-0.3, -0.25) is 0 Å². The number of benzene rings is 3. The number of ether oxygens (including phenoxy) is 3. The molecule has 0 fully saturated rings. The summed E-state index contributed by atoms with van der Waals surface area (Å²) in [5.74, 6) is 0.957. The SMILES string of the molecule is COc1ccc(CN(c2nccs2)S(=O)(=O)c2ccc3c(c2)OCCC3c2ccc(C(F)(F)F)cc2Cl)c(OC)c1. The summed E-state index contributed by atoms with van der Waals surface area (Å²) >= 11 is 7.46. The van der Waals surface area contributed by atoms with Crippen LogP contribution in [0.2, 0.25) is 5.02 Å². The van der Waals surface area contributed by atoms with Gasteiger partial charge in [0.05, 0.1) is 37.8 Å². The predicted molar refractivity (Wildman–Crippen MR) is 150 cm³/mol. The maximum Gasteiger partial charge on any atom is 0.416 e. The molecule has 1 aromatic heterocycles. The van der Waals surface area contributed by atoms with Gasteiger partial charge >= 0.3 is 6.18 Å². The van der Waals surface area contributed by atoms with Gasteiger partial charge < -0.3 is 14.2 Å². The van der Waals surface area contributed by atoms with Crippen molar-refractivity contribution in [3.8, 4) is 17.2 Å². The Hall–Kier alpha value is -3.48. The number of hydrogen-bond donors (Lipinski definition) is 0. The molecule has 1 aliphatic heterocycles. The van der Waals surface area contributed by atoms with Crippen LogP contribution >= 0.6 is 22.9 Å². The van der Waals surface area contributed by atoms with Crippen LogP contribution in [0.4, 0.5) is 18.3 Å². The summed E-state index contributed by atoms with van der Waals surface area (Å²) in [6, 6.07) is 12.9. The highest BCUT2D eigenvalue weighted by atomic mass is 35.5. The third-order valence-corrected chi connectivity index (χ3v) is 9.73. The molecule has 0 saturated heterocycles. The third kappa shape index (κ3) is 5.81. The summed E-state index contributed by atoms with van der Waals surface area (Å²) in [6.45, 7) is 0.169. The number of fused-ring (bicyclic) bond motifs is 1. The fourth-order valence-corrected chi connectivity index (χ4v) is 7.29. The molecule has 1 atom stereocenters. The Labute approximate surface area is 244 Å². The van der Waals surface area contributed by atoms with Crippen LogP contribution in [0.1, 0.15) is 34.6 Å². The standard InChI is InChI=1S/C28H24ClF3N2O5S2/c1-37-19-5-3-17(25(14-19)38-2)16-34(27-33-10-12-40-27)41(35,36)20-6-8-23-21(9-11-39-26(23)15-20)22-7-4-18(13-24(22)29)28(30,31)32/h3-8,10,12-15,21H,9,11,16H2,1-2H3. The van der Waals surface area contributed by atoms with Crippen LogP contribution in [0.15, 0.2) is 71.1 Å². The molecule has 41 heavy (non-hydrogen) atoms. The van der Waals surface area contributed by atoms with Crippen molar-refractivity contribution in [3.05, 3.63) is 93.5 Å². The molecule has 0 saturated carbocycles. The lowest BCUT2D eigenvalue weighted by Gasteiger charge is -2.28. The zero-order valence-electron chi connectivity index (χ0n) is 21.8. The maximum atomic E-state index is 14.0. The van der Waals surface area contributed by atoms with E-state index in [0.29, 0.717) is 40.4 Å². The number of methoxy groups -OCH3 is 2. The van der Waals surface area contributed by atoms with E-state index in [-0.39, 0.29) is 34.1 Å². The quantitative estimate of drug-likeness (QED) is 0.207. The van der Waals surface area contributed by atoms with E-state index in [9.17, 15) is 21.6 Å². The van der Waals surface area contributed by atoms with Crippen molar-refractivity contribution in [2.45, 2.75) is 30.0 Å². The van der Waals surface area contributed by atoms with Crippen molar-refractivity contribution in [1.29, 1.82) is 0 Å². The van der Waals surface area contributed by atoms with Gasteiger partial charge in [-0.05, 0) is 42.3 Å². The van der Waals surface area contributed by atoms with Gasteiger partial charge in [0.25, 0.3) is 10.0 Å². The smallest absolute Gasteiger partial charge is 0.416 e. The lowest BCUT2D eigenvalue weighted by molar-refractivity contribution is -0.137. The Bertz CT molecular complexity index is 1660. The minimum atomic E-state index is -4.52. The zero-order chi connectivity index (χ0) is 29.4. The predicted octanol–water partition coefficient (Wildman–Crippen LogP) is 7.14. The molecule has 0 bridgehead atoms. The number of halogens is 4.